The van der Waals surface area contributed by atoms with Gasteiger partial charge in [-0.1, -0.05) is 0 Å². The lowest BCUT2D eigenvalue weighted by Gasteiger charge is -1.93. The molecule has 5 nitrogen and oxygen atoms in total. The highest BCUT2D eigenvalue weighted by molar-refractivity contribution is 5.69. The molecule has 1 atom stereocenters. The maximum absolute atomic E-state index is 10.5. The Bertz CT molecular complexity index is 194. The van der Waals surface area contributed by atoms with E-state index in [2.05, 4.69) is 6.92 Å². The van der Waals surface area contributed by atoms with Crippen LogP contribution in [0.15, 0.2) is 0 Å². The summed E-state index contributed by atoms with van der Waals surface area (Å²) in [7, 11) is 0. The summed E-state index contributed by atoms with van der Waals surface area (Å²) in [5, 5.41) is 0. The van der Waals surface area contributed by atoms with Crippen molar-refractivity contribution in [2.75, 3.05) is 13.2 Å². The molecule has 15 heavy (non-hydrogen) atoms. The Kier molecular flexibility index (Phi) is 8.63. The molecule has 0 radical (unpaired) electrons. The van der Waals surface area contributed by atoms with E-state index in [0.29, 0.717) is 19.1 Å². The first-order chi connectivity index (χ1) is 7.20. The van der Waals surface area contributed by atoms with E-state index in [-0.39, 0.29) is 12.1 Å². The van der Waals surface area contributed by atoms with Crippen molar-refractivity contribution in [3.05, 3.63) is 0 Å². The summed E-state index contributed by atoms with van der Waals surface area (Å²) in [5.74, 6) is -0.0255. The standard InChI is InChI=1S/C6H10O2.C3H6O.CO2/c7-6-4-2-1-3-5-8-6;1-3-2-4-3;2-1-3/h1-5H2;3H,2H2,1H3;. The van der Waals surface area contributed by atoms with E-state index in [1.165, 1.54) is 0 Å². The van der Waals surface area contributed by atoms with Crippen LogP contribution in [0.3, 0.4) is 0 Å². The van der Waals surface area contributed by atoms with Crippen molar-refractivity contribution < 1.29 is 23.9 Å². The van der Waals surface area contributed by atoms with Gasteiger partial charge in [-0.2, -0.15) is 9.59 Å². The number of rotatable bonds is 0. The third-order valence-corrected chi connectivity index (χ3v) is 1.79. The molecule has 2 heterocycles. The van der Waals surface area contributed by atoms with E-state index in [4.69, 9.17) is 19.1 Å². The molecule has 0 spiro atoms. The van der Waals surface area contributed by atoms with Gasteiger partial charge < -0.3 is 9.47 Å². The molecule has 2 rings (SSSR count). The maximum Gasteiger partial charge on any atom is 0.373 e. The summed E-state index contributed by atoms with van der Waals surface area (Å²) in [6.45, 7) is 3.68. The Labute approximate surface area is 88.7 Å². The molecule has 0 aromatic heterocycles. The van der Waals surface area contributed by atoms with Crippen LogP contribution in [-0.4, -0.2) is 31.4 Å². The summed E-state index contributed by atoms with van der Waals surface area (Å²) in [6.07, 6.45) is 4.66. The number of carbonyl (C=O) groups excluding carboxylic acids is 3. The predicted molar refractivity (Wildman–Crippen MR) is 49.8 cm³/mol. The number of epoxide rings is 1. The first-order valence-corrected chi connectivity index (χ1v) is 4.97. The van der Waals surface area contributed by atoms with Crippen LogP contribution >= 0.6 is 0 Å². The molecule has 2 aliphatic rings. The van der Waals surface area contributed by atoms with Gasteiger partial charge in [0.2, 0.25) is 0 Å². The number of hydrogen-bond donors (Lipinski definition) is 0. The van der Waals surface area contributed by atoms with Crippen molar-refractivity contribution in [3.63, 3.8) is 0 Å². The summed E-state index contributed by atoms with van der Waals surface area (Å²) < 4.78 is 9.47. The van der Waals surface area contributed by atoms with E-state index in [9.17, 15) is 4.79 Å². The van der Waals surface area contributed by atoms with Gasteiger partial charge >= 0.3 is 12.1 Å². The van der Waals surface area contributed by atoms with Crippen LogP contribution in [-0.2, 0) is 23.9 Å². The lowest BCUT2D eigenvalue weighted by Crippen LogP contribution is -2.00. The number of carbonyl (C=O) groups is 1. The number of esters is 1. The molecule has 0 aromatic rings. The van der Waals surface area contributed by atoms with Gasteiger partial charge in [-0.15, -0.1) is 0 Å². The van der Waals surface area contributed by atoms with Gasteiger partial charge in [-0.05, 0) is 26.2 Å². The zero-order chi connectivity index (χ0) is 11.5. The minimum Gasteiger partial charge on any atom is -0.466 e. The third-order valence-electron chi connectivity index (χ3n) is 1.79. The minimum atomic E-state index is -0.0255. The molecule has 2 aliphatic heterocycles. The first-order valence-electron chi connectivity index (χ1n) is 4.97. The fourth-order valence-corrected chi connectivity index (χ4v) is 0.903. The van der Waals surface area contributed by atoms with Gasteiger partial charge in [-0.3, -0.25) is 4.79 Å². The summed E-state index contributed by atoms with van der Waals surface area (Å²) in [4.78, 5) is 26.7. The van der Waals surface area contributed by atoms with E-state index < -0.39 is 0 Å². The lowest BCUT2D eigenvalue weighted by atomic mass is 10.2. The van der Waals surface area contributed by atoms with Crippen molar-refractivity contribution in [2.45, 2.75) is 38.7 Å². The lowest BCUT2D eigenvalue weighted by molar-refractivity contribution is -0.191. The second-order valence-corrected chi connectivity index (χ2v) is 3.26. The fourth-order valence-electron chi connectivity index (χ4n) is 0.903. The van der Waals surface area contributed by atoms with E-state index in [0.717, 1.165) is 25.9 Å². The molecular weight excluding hydrogens is 200 g/mol. The van der Waals surface area contributed by atoms with Gasteiger partial charge in [0.25, 0.3) is 0 Å². The second kappa shape index (κ2) is 9.37. The van der Waals surface area contributed by atoms with Gasteiger partial charge in [0.1, 0.15) is 0 Å². The number of hydrogen-bond acceptors (Lipinski definition) is 5. The van der Waals surface area contributed by atoms with E-state index >= 15 is 0 Å². The Morgan fingerprint density at radius 1 is 1.27 bits per heavy atom. The topological polar surface area (TPSA) is 73.0 Å². The minimum absolute atomic E-state index is 0.0255. The Hall–Kier alpha value is -1.19. The summed E-state index contributed by atoms with van der Waals surface area (Å²) >= 11 is 0. The summed E-state index contributed by atoms with van der Waals surface area (Å²) in [6, 6.07) is 0. The van der Waals surface area contributed by atoms with Crippen LogP contribution in [0.1, 0.15) is 32.6 Å². The fraction of sp³-hybridized carbons (Fsp3) is 0.800. The molecule has 0 saturated carbocycles. The smallest absolute Gasteiger partial charge is 0.373 e. The number of cyclic esters (lactones) is 1. The average Bonchev–Trinajstić information content (AvgIpc) is 2.97. The zero-order valence-corrected chi connectivity index (χ0v) is 8.86. The molecule has 86 valence electrons. The van der Waals surface area contributed by atoms with Gasteiger partial charge in [0.15, 0.2) is 0 Å². The Balaban J connectivity index is 0.000000234. The monoisotopic (exact) mass is 216 g/mol. The molecule has 0 bridgehead atoms. The number of ether oxygens (including phenoxy) is 2. The molecule has 0 N–H and O–H groups in total. The zero-order valence-electron chi connectivity index (χ0n) is 8.86. The van der Waals surface area contributed by atoms with Crippen LogP contribution in [0.4, 0.5) is 0 Å². The van der Waals surface area contributed by atoms with Crippen molar-refractivity contribution in [1.82, 2.24) is 0 Å². The van der Waals surface area contributed by atoms with Crippen LogP contribution in [0.5, 0.6) is 0 Å². The predicted octanol–water partition coefficient (Wildman–Crippen LogP) is 0.925. The van der Waals surface area contributed by atoms with Crippen molar-refractivity contribution in [2.24, 2.45) is 0 Å². The molecule has 0 amide bonds. The molecular formula is C10H16O5. The third kappa shape index (κ3) is 12.8. The van der Waals surface area contributed by atoms with E-state index in [1.807, 2.05) is 0 Å². The Morgan fingerprint density at radius 2 is 1.80 bits per heavy atom. The second-order valence-electron chi connectivity index (χ2n) is 3.26. The molecule has 2 saturated heterocycles. The van der Waals surface area contributed by atoms with Crippen LogP contribution in [0.2, 0.25) is 0 Å². The van der Waals surface area contributed by atoms with Crippen molar-refractivity contribution in [1.29, 1.82) is 0 Å². The largest absolute Gasteiger partial charge is 0.466 e. The molecule has 2 fully saturated rings. The van der Waals surface area contributed by atoms with Crippen LogP contribution in [0.25, 0.3) is 0 Å². The SMILES string of the molecule is CC1CO1.O=C1CCCCCO1.O=C=O. The van der Waals surface area contributed by atoms with Crippen LogP contribution < -0.4 is 0 Å². The highest BCUT2D eigenvalue weighted by atomic mass is 16.6. The highest BCUT2D eigenvalue weighted by Gasteiger charge is 2.13. The average molecular weight is 216 g/mol. The van der Waals surface area contributed by atoms with Gasteiger partial charge in [-0.25, -0.2) is 0 Å². The van der Waals surface area contributed by atoms with Crippen molar-refractivity contribution >= 4 is 12.1 Å². The Morgan fingerprint density at radius 3 is 2.27 bits per heavy atom. The van der Waals surface area contributed by atoms with Gasteiger partial charge in [0.05, 0.1) is 19.3 Å². The highest BCUT2D eigenvalue weighted by Crippen LogP contribution is 2.06. The molecule has 1 unspecified atom stereocenters. The van der Waals surface area contributed by atoms with Gasteiger partial charge in [0, 0.05) is 6.42 Å². The first kappa shape index (κ1) is 13.8. The maximum atomic E-state index is 10.5. The molecule has 5 heteroatoms. The molecule has 0 aromatic carbocycles. The van der Waals surface area contributed by atoms with Crippen LogP contribution in [0, 0.1) is 0 Å². The van der Waals surface area contributed by atoms with E-state index in [1.54, 1.807) is 0 Å². The molecule has 0 aliphatic carbocycles. The quantitative estimate of drug-likeness (QED) is 0.444. The normalized spacial score (nSPS) is 22.7. The van der Waals surface area contributed by atoms with Crippen molar-refractivity contribution in [3.8, 4) is 0 Å². The summed E-state index contributed by atoms with van der Waals surface area (Å²) in [5.41, 5.74) is 0.